The highest BCUT2D eigenvalue weighted by Crippen LogP contribution is 2.30. The van der Waals surface area contributed by atoms with E-state index < -0.39 is 0 Å². The fourth-order valence-electron chi connectivity index (χ4n) is 1.64. The van der Waals surface area contributed by atoms with Crippen LogP contribution in [0.25, 0.3) is 0 Å². The lowest BCUT2D eigenvalue weighted by atomic mass is 10.1. The van der Waals surface area contributed by atoms with E-state index in [9.17, 15) is 0 Å². The van der Waals surface area contributed by atoms with Gasteiger partial charge in [-0.05, 0) is 36.8 Å². The van der Waals surface area contributed by atoms with Crippen molar-refractivity contribution in [1.29, 1.82) is 5.26 Å². The minimum atomic E-state index is 0.427. The topological polar surface area (TPSA) is 61.8 Å². The lowest BCUT2D eigenvalue weighted by molar-refractivity contribution is 1.44. The fraction of sp³-hybridized carbons (Fsp3) is 0.0714. The maximum Gasteiger partial charge on any atom is 0.101 e. The van der Waals surface area contributed by atoms with E-state index in [1.807, 2.05) is 37.3 Å². The molecule has 18 heavy (non-hydrogen) atoms. The van der Waals surface area contributed by atoms with Gasteiger partial charge in [-0.2, -0.15) is 5.26 Å². The highest BCUT2D eigenvalue weighted by atomic mass is 35.5. The van der Waals surface area contributed by atoms with Gasteiger partial charge in [0.15, 0.2) is 0 Å². The molecule has 0 spiro atoms. The second-order valence-electron chi connectivity index (χ2n) is 3.99. The van der Waals surface area contributed by atoms with E-state index in [0.717, 1.165) is 11.3 Å². The minimum Gasteiger partial charge on any atom is -0.396 e. The average molecular weight is 258 g/mol. The number of hydrogen-bond donors (Lipinski definition) is 2. The van der Waals surface area contributed by atoms with Crippen LogP contribution in [-0.4, -0.2) is 0 Å². The summed E-state index contributed by atoms with van der Waals surface area (Å²) < 4.78 is 0. The Labute approximate surface area is 111 Å². The molecule has 0 atom stereocenters. The van der Waals surface area contributed by atoms with Crippen molar-refractivity contribution in [3.63, 3.8) is 0 Å². The van der Waals surface area contributed by atoms with Crippen molar-refractivity contribution < 1.29 is 0 Å². The Balaban J connectivity index is 2.38. The third-order valence-corrected chi connectivity index (χ3v) is 2.93. The Bertz CT molecular complexity index is 629. The number of para-hydroxylation sites is 1. The van der Waals surface area contributed by atoms with Crippen LogP contribution < -0.4 is 11.1 Å². The third-order valence-electron chi connectivity index (χ3n) is 2.62. The van der Waals surface area contributed by atoms with E-state index in [1.165, 1.54) is 0 Å². The molecule has 2 aromatic carbocycles. The van der Waals surface area contributed by atoms with Crippen LogP contribution in [0.1, 0.15) is 11.1 Å². The summed E-state index contributed by atoms with van der Waals surface area (Å²) in [5, 5.41) is 12.7. The maximum absolute atomic E-state index is 8.92. The van der Waals surface area contributed by atoms with Gasteiger partial charge in [0.25, 0.3) is 0 Å². The van der Waals surface area contributed by atoms with Crippen molar-refractivity contribution >= 4 is 28.7 Å². The first-order valence-corrected chi connectivity index (χ1v) is 5.81. The first-order chi connectivity index (χ1) is 8.61. The summed E-state index contributed by atoms with van der Waals surface area (Å²) in [5.74, 6) is 0. The number of nitrogens with zero attached hydrogens (tertiary/aromatic N) is 1. The van der Waals surface area contributed by atoms with Crippen LogP contribution in [0.4, 0.5) is 17.1 Å². The van der Waals surface area contributed by atoms with E-state index in [4.69, 9.17) is 22.6 Å². The smallest absolute Gasteiger partial charge is 0.101 e. The number of anilines is 3. The monoisotopic (exact) mass is 257 g/mol. The predicted octanol–water partition coefficient (Wildman–Crippen LogP) is 3.85. The Morgan fingerprint density at radius 2 is 2.00 bits per heavy atom. The van der Waals surface area contributed by atoms with E-state index in [0.29, 0.717) is 22.0 Å². The Hall–Kier alpha value is -2.18. The van der Waals surface area contributed by atoms with Gasteiger partial charge in [0, 0.05) is 0 Å². The number of halogens is 1. The molecule has 0 bridgehead atoms. The molecule has 0 aliphatic carbocycles. The molecule has 3 N–H and O–H groups in total. The van der Waals surface area contributed by atoms with Crippen molar-refractivity contribution in [2.24, 2.45) is 0 Å². The van der Waals surface area contributed by atoms with Crippen LogP contribution in [0, 0.1) is 18.3 Å². The maximum atomic E-state index is 8.92. The van der Waals surface area contributed by atoms with Gasteiger partial charge in [-0.3, -0.25) is 0 Å². The average Bonchev–Trinajstić information content (AvgIpc) is 2.35. The molecule has 0 radical (unpaired) electrons. The van der Waals surface area contributed by atoms with Crippen molar-refractivity contribution in [3.8, 4) is 6.07 Å². The number of hydrogen-bond acceptors (Lipinski definition) is 3. The van der Waals surface area contributed by atoms with Gasteiger partial charge in [0.1, 0.15) is 6.07 Å². The molecule has 0 saturated carbocycles. The normalized spacial score (nSPS) is 9.83. The summed E-state index contributed by atoms with van der Waals surface area (Å²) in [7, 11) is 0. The van der Waals surface area contributed by atoms with Crippen molar-refractivity contribution in [1.82, 2.24) is 0 Å². The SMILES string of the molecule is Cc1ccc(Nc2cccc(C#N)c2N)c(Cl)c1. The van der Waals surface area contributed by atoms with Crippen LogP contribution in [0.15, 0.2) is 36.4 Å². The highest BCUT2D eigenvalue weighted by molar-refractivity contribution is 6.33. The number of rotatable bonds is 2. The van der Waals surface area contributed by atoms with Gasteiger partial charge in [-0.25, -0.2) is 0 Å². The van der Waals surface area contributed by atoms with Crippen LogP contribution in [-0.2, 0) is 0 Å². The molecule has 0 aliphatic rings. The van der Waals surface area contributed by atoms with Crippen LogP contribution in [0.5, 0.6) is 0 Å². The quantitative estimate of drug-likeness (QED) is 0.804. The fourth-order valence-corrected chi connectivity index (χ4v) is 1.92. The molecular formula is C14H12ClN3. The largest absolute Gasteiger partial charge is 0.396 e. The molecule has 0 saturated heterocycles. The lowest BCUT2D eigenvalue weighted by Crippen LogP contribution is -1.99. The van der Waals surface area contributed by atoms with Gasteiger partial charge in [0.05, 0.1) is 27.6 Å². The van der Waals surface area contributed by atoms with Crippen LogP contribution >= 0.6 is 11.6 Å². The Morgan fingerprint density at radius 1 is 1.22 bits per heavy atom. The number of aryl methyl sites for hydroxylation is 1. The molecule has 0 amide bonds. The second kappa shape index (κ2) is 4.99. The van der Waals surface area contributed by atoms with Gasteiger partial charge >= 0.3 is 0 Å². The summed E-state index contributed by atoms with van der Waals surface area (Å²) in [6.07, 6.45) is 0. The van der Waals surface area contributed by atoms with Crippen LogP contribution in [0.3, 0.4) is 0 Å². The Morgan fingerprint density at radius 3 is 2.67 bits per heavy atom. The van der Waals surface area contributed by atoms with E-state index in [-0.39, 0.29) is 0 Å². The molecule has 0 heterocycles. The number of nitriles is 1. The molecule has 0 aromatic heterocycles. The van der Waals surface area contributed by atoms with Crippen molar-refractivity contribution in [3.05, 3.63) is 52.5 Å². The molecular weight excluding hydrogens is 246 g/mol. The van der Waals surface area contributed by atoms with Gasteiger partial charge in [0.2, 0.25) is 0 Å². The molecule has 0 aliphatic heterocycles. The molecule has 2 aromatic rings. The molecule has 0 unspecified atom stereocenters. The minimum absolute atomic E-state index is 0.427. The van der Waals surface area contributed by atoms with Gasteiger partial charge in [-0.15, -0.1) is 0 Å². The first kappa shape index (κ1) is 12.3. The highest BCUT2D eigenvalue weighted by Gasteiger charge is 2.06. The zero-order valence-electron chi connectivity index (χ0n) is 9.87. The molecule has 4 heteroatoms. The summed E-state index contributed by atoms with van der Waals surface area (Å²) in [6.45, 7) is 1.97. The summed E-state index contributed by atoms with van der Waals surface area (Å²) in [4.78, 5) is 0. The summed E-state index contributed by atoms with van der Waals surface area (Å²) >= 11 is 6.14. The number of nitrogens with one attached hydrogen (secondary N) is 1. The number of nitrogen functional groups attached to an aromatic ring is 1. The van der Waals surface area contributed by atoms with Crippen LogP contribution in [0.2, 0.25) is 5.02 Å². The number of nitrogens with two attached hydrogens (primary N) is 1. The standard InChI is InChI=1S/C14H12ClN3/c1-9-5-6-12(11(15)7-9)18-13-4-2-3-10(8-16)14(13)17/h2-7,18H,17H2,1H3. The first-order valence-electron chi connectivity index (χ1n) is 5.43. The molecule has 0 fully saturated rings. The number of benzene rings is 2. The summed E-state index contributed by atoms with van der Waals surface area (Å²) in [6, 6.07) is 13.0. The van der Waals surface area contributed by atoms with Crippen molar-refractivity contribution in [2.45, 2.75) is 6.92 Å². The van der Waals surface area contributed by atoms with E-state index in [2.05, 4.69) is 5.32 Å². The van der Waals surface area contributed by atoms with Gasteiger partial charge < -0.3 is 11.1 Å². The summed E-state index contributed by atoms with van der Waals surface area (Å²) in [5.41, 5.74) is 9.30. The van der Waals surface area contributed by atoms with E-state index in [1.54, 1.807) is 12.1 Å². The Kier molecular flexibility index (Phi) is 3.40. The zero-order valence-corrected chi connectivity index (χ0v) is 10.6. The zero-order chi connectivity index (χ0) is 13.1. The lowest BCUT2D eigenvalue weighted by Gasteiger charge is -2.12. The predicted molar refractivity (Wildman–Crippen MR) is 75.0 cm³/mol. The second-order valence-corrected chi connectivity index (χ2v) is 4.39. The third kappa shape index (κ3) is 2.39. The van der Waals surface area contributed by atoms with Crippen molar-refractivity contribution in [2.75, 3.05) is 11.1 Å². The molecule has 3 nitrogen and oxygen atoms in total. The molecule has 2 rings (SSSR count). The van der Waals surface area contributed by atoms with Gasteiger partial charge in [-0.1, -0.05) is 23.7 Å². The molecule has 90 valence electrons. The van der Waals surface area contributed by atoms with E-state index >= 15 is 0 Å².